The van der Waals surface area contributed by atoms with Gasteiger partial charge in [-0.25, -0.2) is 0 Å². The third-order valence-corrected chi connectivity index (χ3v) is 3.98. The number of aldehydes is 1. The van der Waals surface area contributed by atoms with Crippen LogP contribution in [0.3, 0.4) is 0 Å². The molecule has 0 saturated heterocycles. The smallest absolute Gasteiger partial charge is 0.120 e. The first-order valence-corrected chi connectivity index (χ1v) is 7.38. The van der Waals surface area contributed by atoms with E-state index in [0.29, 0.717) is 18.3 Å². The Morgan fingerprint density at radius 2 is 1.35 bits per heavy atom. The fourth-order valence-corrected chi connectivity index (χ4v) is 2.82. The van der Waals surface area contributed by atoms with Gasteiger partial charge >= 0.3 is 0 Å². The summed E-state index contributed by atoms with van der Waals surface area (Å²) in [6.07, 6.45) is 3.79. The van der Waals surface area contributed by atoms with E-state index in [1.54, 1.807) is 0 Å². The van der Waals surface area contributed by atoms with E-state index in [4.69, 9.17) is 0 Å². The third-order valence-electron chi connectivity index (χ3n) is 3.98. The summed E-state index contributed by atoms with van der Waals surface area (Å²) in [5, 5.41) is 0. The van der Waals surface area contributed by atoms with Crippen molar-refractivity contribution in [2.45, 2.75) is 38.0 Å². The number of hydrogen-bond acceptors (Lipinski definition) is 1. The standard InChI is InChI=1S/C19H22O/c1-2-16(17-9-5-3-6-10-17)15-19(13-14-20)18-11-7-4-8-12-18/h3-12,14,16,19H,2,13,15H2,1H3. The normalized spacial score (nSPS) is 13.7. The molecule has 0 radical (unpaired) electrons. The molecule has 0 amide bonds. The highest BCUT2D eigenvalue weighted by Gasteiger charge is 2.18. The van der Waals surface area contributed by atoms with E-state index >= 15 is 0 Å². The van der Waals surface area contributed by atoms with Gasteiger partial charge in [0.15, 0.2) is 0 Å². The van der Waals surface area contributed by atoms with E-state index in [2.05, 4.69) is 61.5 Å². The van der Waals surface area contributed by atoms with Gasteiger partial charge in [-0.05, 0) is 35.8 Å². The first-order chi connectivity index (χ1) is 9.85. The van der Waals surface area contributed by atoms with Crippen LogP contribution in [0.5, 0.6) is 0 Å². The Bertz CT molecular complexity index is 504. The van der Waals surface area contributed by atoms with Crippen molar-refractivity contribution in [3.63, 3.8) is 0 Å². The summed E-state index contributed by atoms with van der Waals surface area (Å²) in [6.45, 7) is 2.22. The maximum absolute atomic E-state index is 11.0. The van der Waals surface area contributed by atoms with Crippen LogP contribution in [0.2, 0.25) is 0 Å². The van der Waals surface area contributed by atoms with Crippen molar-refractivity contribution in [1.29, 1.82) is 0 Å². The Labute approximate surface area is 121 Å². The molecule has 20 heavy (non-hydrogen) atoms. The maximum atomic E-state index is 11.0. The summed E-state index contributed by atoms with van der Waals surface area (Å²) < 4.78 is 0. The molecule has 0 spiro atoms. The molecule has 0 N–H and O–H groups in total. The first kappa shape index (κ1) is 14.5. The van der Waals surface area contributed by atoms with Crippen molar-refractivity contribution in [3.05, 3.63) is 71.8 Å². The van der Waals surface area contributed by atoms with Crippen LogP contribution in [-0.2, 0) is 4.79 Å². The molecule has 0 aliphatic carbocycles. The lowest BCUT2D eigenvalue weighted by atomic mass is 9.82. The van der Waals surface area contributed by atoms with Gasteiger partial charge in [0.1, 0.15) is 6.29 Å². The lowest BCUT2D eigenvalue weighted by Crippen LogP contribution is -2.07. The molecule has 1 heteroatoms. The van der Waals surface area contributed by atoms with Gasteiger partial charge < -0.3 is 4.79 Å². The van der Waals surface area contributed by atoms with E-state index in [-0.39, 0.29) is 0 Å². The van der Waals surface area contributed by atoms with Crippen molar-refractivity contribution >= 4 is 6.29 Å². The Kier molecular flexibility index (Phi) is 5.55. The average Bonchev–Trinajstić information content (AvgIpc) is 2.53. The summed E-state index contributed by atoms with van der Waals surface area (Å²) >= 11 is 0. The molecule has 2 atom stereocenters. The Balaban J connectivity index is 2.16. The molecular weight excluding hydrogens is 244 g/mol. The number of benzene rings is 2. The summed E-state index contributed by atoms with van der Waals surface area (Å²) in [4.78, 5) is 11.0. The largest absolute Gasteiger partial charge is 0.303 e. The predicted octanol–water partition coefficient (Wildman–Crippen LogP) is 4.94. The molecule has 1 nitrogen and oxygen atoms in total. The molecule has 104 valence electrons. The van der Waals surface area contributed by atoms with Crippen LogP contribution in [0.25, 0.3) is 0 Å². The van der Waals surface area contributed by atoms with Crippen molar-refractivity contribution in [3.8, 4) is 0 Å². The third kappa shape index (κ3) is 3.80. The summed E-state index contributed by atoms with van der Waals surface area (Å²) in [7, 11) is 0. The molecule has 0 fully saturated rings. The fraction of sp³-hybridized carbons (Fsp3) is 0.316. The molecule has 0 aromatic heterocycles. The second kappa shape index (κ2) is 7.64. The first-order valence-electron chi connectivity index (χ1n) is 7.38. The molecule has 2 unspecified atom stereocenters. The molecule has 2 aromatic carbocycles. The second-order valence-electron chi connectivity index (χ2n) is 5.26. The highest BCUT2D eigenvalue weighted by atomic mass is 16.1. The summed E-state index contributed by atoms with van der Waals surface area (Å²) in [6, 6.07) is 21.0. The van der Waals surface area contributed by atoms with Crippen LogP contribution in [0.1, 0.15) is 49.1 Å². The Hall–Kier alpha value is -1.89. The monoisotopic (exact) mass is 266 g/mol. The van der Waals surface area contributed by atoms with Crippen molar-refractivity contribution in [2.75, 3.05) is 0 Å². The molecule has 0 aliphatic heterocycles. The number of hydrogen-bond donors (Lipinski definition) is 0. The predicted molar refractivity (Wildman–Crippen MR) is 84.0 cm³/mol. The number of rotatable bonds is 7. The molecule has 0 aliphatic rings. The highest BCUT2D eigenvalue weighted by molar-refractivity contribution is 5.51. The fourth-order valence-electron chi connectivity index (χ4n) is 2.82. The van der Waals surface area contributed by atoms with Crippen LogP contribution in [0.15, 0.2) is 60.7 Å². The molecular formula is C19H22O. The van der Waals surface area contributed by atoms with Crippen LogP contribution < -0.4 is 0 Å². The zero-order chi connectivity index (χ0) is 14.2. The van der Waals surface area contributed by atoms with Gasteiger partial charge in [0.2, 0.25) is 0 Å². The summed E-state index contributed by atoms with van der Waals surface area (Å²) in [5.41, 5.74) is 2.65. The zero-order valence-corrected chi connectivity index (χ0v) is 12.0. The van der Waals surface area contributed by atoms with Gasteiger partial charge in [-0.15, -0.1) is 0 Å². The topological polar surface area (TPSA) is 17.1 Å². The SMILES string of the molecule is CCC(CC(CC=O)c1ccccc1)c1ccccc1. The van der Waals surface area contributed by atoms with Crippen molar-refractivity contribution < 1.29 is 4.79 Å². The van der Waals surface area contributed by atoms with Gasteiger partial charge in [0.05, 0.1) is 0 Å². The number of carbonyl (C=O) groups is 1. The van der Waals surface area contributed by atoms with E-state index in [9.17, 15) is 4.79 Å². The van der Waals surface area contributed by atoms with Crippen molar-refractivity contribution in [2.24, 2.45) is 0 Å². The lowest BCUT2D eigenvalue weighted by molar-refractivity contribution is -0.108. The van der Waals surface area contributed by atoms with Gasteiger partial charge in [-0.1, -0.05) is 67.6 Å². The van der Waals surface area contributed by atoms with Crippen LogP contribution >= 0.6 is 0 Å². The molecule has 2 rings (SSSR count). The van der Waals surface area contributed by atoms with Gasteiger partial charge in [-0.2, -0.15) is 0 Å². The zero-order valence-electron chi connectivity index (χ0n) is 12.0. The van der Waals surface area contributed by atoms with E-state index < -0.39 is 0 Å². The highest BCUT2D eigenvalue weighted by Crippen LogP contribution is 2.33. The van der Waals surface area contributed by atoms with Gasteiger partial charge in [0, 0.05) is 6.42 Å². The molecule has 2 aromatic rings. The molecule has 0 saturated carbocycles. The minimum atomic E-state index is 0.318. The lowest BCUT2D eigenvalue weighted by Gasteiger charge is -2.22. The van der Waals surface area contributed by atoms with Gasteiger partial charge in [0.25, 0.3) is 0 Å². The van der Waals surface area contributed by atoms with Crippen LogP contribution in [0, 0.1) is 0 Å². The average molecular weight is 266 g/mol. The minimum Gasteiger partial charge on any atom is -0.303 e. The Morgan fingerprint density at radius 1 is 0.850 bits per heavy atom. The van der Waals surface area contributed by atoms with E-state index in [1.165, 1.54) is 11.1 Å². The maximum Gasteiger partial charge on any atom is 0.120 e. The number of carbonyl (C=O) groups excluding carboxylic acids is 1. The quantitative estimate of drug-likeness (QED) is 0.648. The van der Waals surface area contributed by atoms with Crippen LogP contribution in [-0.4, -0.2) is 6.29 Å². The second-order valence-corrected chi connectivity index (χ2v) is 5.26. The van der Waals surface area contributed by atoms with Crippen molar-refractivity contribution in [1.82, 2.24) is 0 Å². The van der Waals surface area contributed by atoms with Crippen LogP contribution in [0.4, 0.5) is 0 Å². The van der Waals surface area contributed by atoms with Gasteiger partial charge in [-0.3, -0.25) is 0 Å². The Morgan fingerprint density at radius 3 is 1.80 bits per heavy atom. The van der Waals surface area contributed by atoms with E-state index in [1.807, 2.05) is 6.07 Å². The molecule has 0 heterocycles. The summed E-state index contributed by atoms with van der Waals surface area (Å²) in [5.74, 6) is 0.834. The minimum absolute atomic E-state index is 0.318. The molecule has 0 bridgehead atoms. The van der Waals surface area contributed by atoms with E-state index in [0.717, 1.165) is 19.1 Å².